The summed E-state index contributed by atoms with van der Waals surface area (Å²) < 4.78 is 18.0. The van der Waals surface area contributed by atoms with E-state index in [1.54, 1.807) is 0 Å². The Balaban J connectivity index is 3.22. The Bertz CT molecular complexity index is 449. The predicted molar refractivity (Wildman–Crippen MR) is 59.0 cm³/mol. The number of esters is 1. The quantitative estimate of drug-likeness (QED) is 0.583. The van der Waals surface area contributed by atoms with Gasteiger partial charge in [0.05, 0.1) is 6.61 Å². The van der Waals surface area contributed by atoms with Gasteiger partial charge in [0.15, 0.2) is 23.4 Å². The summed E-state index contributed by atoms with van der Waals surface area (Å²) in [5, 5.41) is 27.8. The normalized spacial score (nSPS) is 12.2. The number of carbonyl (C=O) groups is 1. The number of hydrogen-bond acceptors (Lipinski definition) is 5. The average Bonchev–Trinajstić information content (AvgIpc) is 2.26. The SMILES string of the molecule is CCOC(=O)C(O)c1c(Br)cc(O)c(O)c1F. The maximum atomic E-state index is 13.6. The van der Waals surface area contributed by atoms with E-state index in [-0.39, 0.29) is 11.1 Å². The van der Waals surface area contributed by atoms with Gasteiger partial charge in [0.2, 0.25) is 0 Å². The molecular formula is C10H10BrFO5. The fourth-order valence-electron chi connectivity index (χ4n) is 1.20. The Hall–Kier alpha value is -1.34. The summed E-state index contributed by atoms with van der Waals surface area (Å²) in [5.41, 5.74) is -0.487. The molecule has 0 heterocycles. The van der Waals surface area contributed by atoms with Crippen molar-refractivity contribution in [1.29, 1.82) is 0 Å². The minimum absolute atomic E-state index is 0.0270. The molecule has 0 aliphatic carbocycles. The van der Waals surface area contributed by atoms with E-state index in [9.17, 15) is 14.3 Å². The zero-order valence-corrected chi connectivity index (χ0v) is 10.4. The zero-order chi connectivity index (χ0) is 13.2. The highest BCUT2D eigenvalue weighted by atomic mass is 79.9. The zero-order valence-electron chi connectivity index (χ0n) is 8.78. The van der Waals surface area contributed by atoms with E-state index in [1.165, 1.54) is 6.92 Å². The summed E-state index contributed by atoms with van der Waals surface area (Å²) >= 11 is 2.87. The number of halogens is 2. The van der Waals surface area contributed by atoms with Crippen LogP contribution in [0.1, 0.15) is 18.6 Å². The number of benzene rings is 1. The number of aliphatic hydroxyl groups is 1. The van der Waals surface area contributed by atoms with E-state index in [0.29, 0.717) is 0 Å². The molecule has 0 spiro atoms. The van der Waals surface area contributed by atoms with Crippen molar-refractivity contribution in [2.45, 2.75) is 13.0 Å². The molecule has 0 aromatic heterocycles. The lowest BCUT2D eigenvalue weighted by molar-refractivity contribution is -0.153. The van der Waals surface area contributed by atoms with E-state index in [1.807, 2.05) is 0 Å². The lowest BCUT2D eigenvalue weighted by Crippen LogP contribution is -2.17. The van der Waals surface area contributed by atoms with Gasteiger partial charge in [-0.2, -0.15) is 0 Å². The van der Waals surface area contributed by atoms with Crippen molar-refractivity contribution in [2.75, 3.05) is 6.61 Å². The second-order valence-electron chi connectivity index (χ2n) is 3.11. The van der Waals surface area contributed by atoms with Crippen LogP contribution in [0.3, 0.4) is 0 Å². The number of phenols is 2. The summed E-state index contributed by atoms with van der Waals surface area (Å²) in [7, 11) is 0. The predicted octanol–water partition coefficient (Wildman–Crippen LogP) is 1.60. The van der Waals surface area contributed by atoms with Gasteiger partial charge >= 0.3 is 5.97 Å². The number of phenolic OH excluding ortho intramolecular Hbond substituents is 2. The molecule has 5 nitrogen and oxygen atoms in total. The highest BCUT2D eigenvalue weighted by Crippen LogP contribution is 2.38. The topological polar surface area (TPSA) is 87.0 Å². The molecule has 1 unspecified atom stereocenters. The van der Waals surface area contributed by atoms with Crippen LogP contribution in [-0.4, -0.2) is 27.9 Å². The maximum absolute atomic E-state index is 13.6. The maximum Gasteiger partial charge on any atom is 0.339 e. The van der Waals surface area contributed by atoms with Gasteiger partial charge in [-0.1, -0.05) is 15.9 Å². The fraction of sp³-hybridized carbons (Fsp3) is 0.300. The van der Waals surface area contributed by atoms with E-state index >= 15 is 0 Å². The van der Waals surface area contributed by atoms with Crippen LogP contribution in [0.4, 0.5) is 4.39 Å². The molecule has 0 fully saturated rings. The van der Waals surface area contributed by atoms with Gasteiger partial charge in [0, 0.05) is 10.0 Å². The van der Waals surface area contributed by atoms with Crippen molar-refractivity contribution in [1.82, 2.24) is 0 Å². The standard InChI is InChI=1S/C10H10BrFO5/c1-2-17-10(16)9(15)6-4(11)3-5(13)8(14)7(6)12/h3,9,13-15H,2H2,1H3. The minimum Gasteiger partial charge on any atom is -0.504 e. The summed E-state index contributed by atoms with van der Waals surface area (Å²) in [6.07, 6.45) is -1.88. The van der Waals surface area contributed by atoms with Crippen molar-refractivity contribution < 1.29 is 29.2 Å². The van der Waals surface area contributed by atoms with Gasteiger partial charge in [0.1, 0.15) is 0 Å². The molecule has 17 heavy (non-hydrogen) atoms. The smallest absolute Gasteiger partial charge is 0.339 e. The van der Waals surface area contributed by atoms with Crippen LogP contribution in [0.25, 0.3) is 0 Å². The van der Waals surface area contributed by atoms with Gasteiger partial charge in [-0.05, 0) is 13.0 Å². The van der Waals surface area contributed by atoms with Crippen LogP contribution >= 0.6 is 15.9 Å². The first kappa shape index (κ1) is 13.7. The summed E-state index contributed by atoms with van der Waals surface area (Å²) in [6.45, 7) is 1.56. The van der Waals surface area contributed by atoms with Gasteiger partial charge in [-0.3, -0.25) is 0 Å². The molecule has 94 valence electrons. The Morgan fingerprint density at radius 2 is 2.18 bits per heavy atom. The van der Waals surface area contributed by atoms with Crippen LogP contribution in [0.15, 0.2) is 10.5 Å². The molecule has 0 aliphatic heterocycles. The number of ether oxygens (including phenoxy) is 1. The summed E-state index contributed by atoms with van der Waals surface area (Å²) in [5.74, 6) is -4.06. The lowest BCUT2D eigenvalue weighted by atomic mass is 10.1. The monoisotopic (exact) mass is 308 g/mol. The first-order valence-corrected chi connectivity index (χ1v) is 5.44. The van der Waals surface area contributed by atoms with Gasteiger partial charge < -0.3 is 20.1 Å². The Kier molecular flexibility index (Phi) is 4.30. The number of aliphatic hydroxyl groups excluding tert-OH is 1. The van der Waals surface area contributed by atoms with Crippen LogP contribution < -0.4 is 0 Å². The van der Waals surface area contributed by atoms with Crippen molar-refractivity contribution in [3.63, 3.8) is 0 Å². The molecule has 3 N–H and O–H groups in total. The number of hydrogen-bond donors (Lipinski definition) is 3. The number of carbonyl (C=O) groups excluding carboxylic acids is 1. The Morgan fingerprint density at radius 1 is 1.59 bits per heavy atom. The van der Waals surface area contributed by atoms with Crippen LogP contribution in [0.2, 0.25) is 0 Å². The van der Waals surface area contributed by atoms with Crippen molar-refractivity contribution in [2.24, 2.45) is 0 Å². The van der Waals surface area contributed by atoms with E-state index in [4.69, 9.17) is 10.2 Å². The Labute approximate surface area is 105 Å². The summed E-state index contributed by atoms with van der Waals surface area (Å²) in [6, 6.07) is 0.968. The molecule has 0 amide bonds. The third-order valence-electron chi connectivity index (χ3n) is 1.99. The molecule has 1 atom stereocenters. The van der Waals surface area contributed by atoms with Crippen molar-refractivity contribution in [3.05, 3.63) is 21.9 Å². The summed E-state index contributed by atoms with van der Waals surface area (Å²) in [4.78, 5) is 11.2. The largest absolute Gasteiger partial charge is 0.504 e. The first-order chi connectivity index (χ1) is 7.90. The highest BCUT2D eigenvalue weighted by molar-refractivity contribution is 9.10. The van der Waals surface area contributed by atoms with Gasteiger partial charge in [-0.25, -0.2) is 9.18 Å². The molecule has 0 aliphatic rings. The average molecular weight is 309 g/mol. The van der Waals surface area contributed by atoms with Crippen LogP contribution in [-0.2, 0) is 9.53 Å². The van der Waals surface area contributed by atoms with Crippen LogP contribution in [0, 0.1) is 5.82 Å². The fourth-order valence-corrected chi connectivity index (χ4v) is 1.81. The van der Waals surface area contributed by atoms with Crippen molar-refractivity contribution >= 4 is 21.9 Å². The van der Waals surface area contributed by atoms with Gasteiger partial charge in [-0.15, -0.1) is 0 Å². The molecule has 1 aromatic carbocycles. The number of rotatable bonds is 3. The molecule has 0 saturated heterocycles. The van der Waals surface area contributed by atoms with Crippen molar-refractivity contribution in [3.8, 4) is 11.5 Å². The second-order valence-corrected chi connectivity index (χ2v) is 3.96. The first-order valence-electron chi connectivity index (χ1n) is 4.64. The third kappa shape index (κ3) is 2.67. The molecular weight excluding hydrogens is 299 g/mol. The lowest BCUT2D eigenvalue weighted by Gasteiger charge is -2.14. The highest BCUT2D eigenvalue weighted by Gasteiger charge is 2.28. The number of aromatic hydroxyl groups is 2. The molecule has 1 rings (SSSR count). The third-order valence-corrected chi connectivity index (χ3v) is 2.65. The van der Waals surface area contributed by atoms with E-state index in [2.05, 4.69) is 20.7 Å². The second kappa shape index (κ2) is 5.33. The van der Waals surface area contributed by atoms with E-state index < -0.39 is 35.0 Å². The van der Waals surface area contributed by atoms with Crippen LogP contribution in [0.5, 0.6) is 11.5 Å². The molecule has 0 radical (unpaired) electrons. The van der Waals surface area contributed by atoms with Gasteiger partial charge in [0.25, 0.3) is 0 Å². The molecule has 0 saturated carbocycles. The molecule has 1 aromatic rings. The molecule has 0 bridgehead atoms. The molecule has 7 heteroatoms. The Morgan fingerprint density at radius 3 is 2.71 bits per heavy atom. The minimum atomic E-state index is -1.88. The van der Waals surface area contributed by atoms with E-state index in [0.717, 1.165) is 6.07 Å².